The first kappa shape index (κ1) is 18.2. The maximum Gasteiger partial charge on any atom is 0.352 e. The number of halogens is 1. The van der Waals surface area contributed by atoms with E-state index < -0.39 is 23.3 Å². The van der Waals surface area contributed by atoms with E-state index in [4.69, 9.17) is 0 Å². The molecule has 0 aliphatic carbocycles. The van der Waals surface area contributed by atoms with Gasteiger partial charge in [-0.25, -0.2) is 9.48 Å². The minimum atomic E-state index is -1.16. The van der Waals surface area contributed by atoms with Gasteiger partial charge in [0.15, 0.2) is 0 Å². The summed E-state index contributed by atoms with van der Waals surface area (Å²) in [5, 5.41) is 23.5. The average molecular weight is 449 g/mol. The van der Waals surface area contributed by atoms with E-state index in [9.17, 15) is 19.5 Å². The Bertz CT molecular complexity index is 769. The zero-order chi connectivity index (χ0) is 18.1. The van der Waals surface area contributed by atoms with Gasteiger partial charge in [-0.1, -0.05) is 27.7 Å². The molecule has 2 amide bonds. The maximum atomic E-state index is 12.3. The van der Waals surface area contributed by atoms with E-state index in [0.717, 1.165) is 0 Å². The van der Waals surface area contributed by atoms with Crippen LogP contribution in [-0.2, 0) is 21.4 Å². The lowest BCUT2D eigenvalue weighted by Crippen LogP contribution is -2.70. The van der Waals surface area contributed by atoms with E-state index in [0.29, 0.717) is 22.2 Å². The third-order valence-corrected chi connectivity index (χ3v) is 6.59. The number of tetrazole rings is 1. The molecule has 0 aromatic carbocycles. The third-order valence-electron chi connectivity index (χ3n) is 3.64. The van der Waals surface area contributed by atoms with Gasteiger partial charge in [-0.05, 0) is 16.0 Å². The number of carboxylic acid groups (broad SMARTS) is 1. The van der Waals surface area contributed by atoms with Crippen LogP contribution in [0.4, 0.5) is 0 Å². The molecular weight excluding hydrogens is 436 g/mol. The molecule has 10 nitrogen and oxygen atoms in total. The summed E-state index contributed by atoms with van der Waals surface area (Å²) in [6, 6.07) is -0.693. The number of carbonyl (C=O) groups is 3. The quantitative estimate of drug-likeness (QED) is 0.333. The molecule has 3 heterocycles. The zero-order valence-electron chi connectivity index (χ0n) is 12.9. The molecule has 1 fully saturated rings. The predicted molar refractivity (Wildman–Crippen MR) is 93.0 cm³/mol. The number of hydrogen-bond acceptors (Lipinski definition) is 8. The number of nitrogens with zero attached hydrogens (tertiary/aromatic N) is 5. The molecule has 134 valence electrons. The second-order valence-electron chi connectivity index (χ2n) is 5.22. The number of aliphatic carboxylic acids is 1. The van der Waals surface area contributed by atoms with E-state index in [1.54, 1.807) is 7.05 Å². The Morgan fingerprint density at radius 3 is 2.88 bits per heavy atom. The normalized spacial score (nSPS) is 22.5. The van der Waals surface area contributed by atoms with Crippen molar-refractivity contribution < 1.29 is 19.5 Å². The largest absolute Gasteiger partial charge is 0.477 e. The van der Waals surface area contributed by atoms with Crippen LogP contribution in [0.1, 0.15) is 0 Å². The van der Waals surface area contributed by atoms with Crippen LogP contribution in [0.25, 0.3) is 0 Å². The minimum absolute atomic E-state index is 0.0132. The maximum absolute atomic E-state index is 12.3. The first-order valence-corrected chi connectivity index (χ1v) is 10.2. The van der Waals surface area contributed by atoms with Gasteiger partial charge < -0.3 is 10.4 Å². The number of alkyl halides is 1. The van der Waals surface area contributed by atoms with Crippen molar-refractivity contribution in [1.29, 1.82) is 0 Å². The predicted octanol–water partition coefficient (Wildman–Crippen LogP) is -0.564. The van der Waals surface area contributed by atoms with Gasteiger partial charge in [0.25, 0.3) is 5.91 Å². The number of fused-ring (bicyclic) bond motifs is 1. The number of thioether (sulfide) groups is 2. The van der Waals surface area contributed by atoms with Gasteiger partial charge in [0.05, 0.1) is 5.33 Å². The van der Waals surface area contributed by atoms with Crippen LogP contribution in [0.3, 0.4) is 0 Å². The number of β-lactam (4-membered cyclic amide) rings is 1. The molecule has 0 spiro atoms. The Kier molecular flexibility index (Phi) is 5.34. The van der Waals surface area contributed by atoms with Crippen molar-refractivity contribution in [3.05, 3.63) is 11.3 Å². The molecule has 2 aliphatic heterocycles. The van der Waals surface area contributed by atoms with Crippen molar-refractivity contribution in [2.45, 2.75) is 16.6 Å². The minimum Gasteiger partial charge on any atom is -0.477 e. The highest BCUT2D eigenvalue weighted by molar-refractivity contribution is 9.09. The van der Waals surface area contributed by atoms with Crippen LogP contribution in [0.5, 0.6) is 0 Å². The summed E-state index contributed by atoms with van der Waals surface area (Å²) in [6.45, 7) is 0. The molecule has 13 heteroatoms. The second kappa shape index (κ2) is 7.33. The second-order valence-corrected chi connectivity index (χ2v) is 7.83. The number of carbonyl (C=O) groups excluding carboxylic acids is 2. The van der Waals surface area contributed by atoms with Crippen molar-refractivity contribution in [3.8, 4) is 0 Å². The van der Waals surface area contributed by atoms with Gasteiger partial charge >= 0.3 is 5.97 Å². The summed E-state index contributed by atoms with van der Waals surface area (Å²) in [5.41, 5.74) is 0.612. The van der Waals surface area contributed by atoms with Crippen LogP contribution in [-0.4, -0.2) is 76.2 Å². The summed E-state index contributed by atoms with van der Waals surface area (Å²) in [4.78, 5) is 36.8. The SMILES string of the molecule is Cn1nnnc1SCC1=C(C(=O)O)N2C(=O)[C@@H](NC(=O)CBr)[C@@H]2SC1. The Hall–Kier alpha value is -1.60. The number of rotatable bonds is 6. The number of nitrogens with one attached hydrogen (secondary N) is 1. The van der Waals surface area contributed by atoms with Gasteiger partial charge in [0, 0.05) is 18.6 Å². The molecule has 0 saturated carbocycles. The monoisotopic (exact) mass is 448 g/mol. The number of hydrogen-bond donors (Lipinski definition) is 2. The van der Waals surface area contributed by atoms with Crippen molar-refractivity contribution in [2.75, 3.05) is 16.8 Å². The number of amides is 2. The van der Waals surface area contributed by atoms with Crippen molar-refractivity contribution in [3.63, 3.8) is 0 Å². The molecule has 0 unspecified atom stereocenters. The van der Waals surface area contributed by atoms with E-state index >= 15 is 0 Å². The first-order chi connectivity index (χ1) is 11.9. The van der Waals surface area contributed by atoms with Crippen LogP contribution in [0.15, 0.2) is 16.4 Å². The lowest BCUT2D eigenvalue weighted by atomic mass is 10.0. The van der Waals surface area contributed by atoms with Gasteiger partial charge in [-0.3, -0.25) is 14.5 Å². The molecule has 2 aliphatic rings. The third kappa shape index (κ3) is 3.40. The van der Waals surface area contributed by atoms with Gasteiger partial charge in [0.1, 0.15) is 17.1 Å². The summed E-state index contributed by atoms with van der Waals surface area (Å²) in [7, 11) is 1.69. The van der Waals surface area contributed by atoms with E-state index in [1.165, 1.54) is 33.1 Å². The molecule has 2 N–H and O–H groups in total. The molecular formula is C12H13BrN6O4S2. The first-order valence-electron chi connectivity index (χ1n) is 7.04. The van der Waals surface area contributed by atoms with Crippen LogP contribution in [0, 0.1) is 0 Å². The van der Waals surface area contributed by atoms with Crippen molar-refractivity contribution in [1.82, 2.24) is 30.4 Å². The Labute approximate surface area is 158 Å². The highest BCUT2D eigenvalue weighted by Crippen LogP contribution is 2.41. The fourth-order valence-electron chi connectivity index (χ4n) is 2.50. The molecule has 1 aromatic heterocycles. The Morgan fingerprint density at radius 2 is 2.28 bits per heavy atom. The smallest absolute Gasteiger partial charge is 0.352 e. The summed E-state index contributed by atoms with van der Waals surface area (Å²) in [5.74, 6) is -1.06. The molecule has 1 saturated heterocycles. The van der Waals surface area contributed by atoms with E-state index in [2.05, 4.69) is 36.8 Å². The molecule has 3 rings (SSSR count). The highest BCUT2D eigenvalue weighted by atomic mass is 79.9. The van der Waals surface area contributed by atoms with Crippen LogP contribution >= 0.6 is 39.5 Å². The number of carboxylic acids is 1. The van der Waals surface area contributed by atoms with E-state index in [1.807, 2.05) is 0 Å². The summed E-state index contributed by atoms with van der Waals surface area (Å²) >= 11 is 5.76. The topological polar surface area (TPSA) is 130 Å². The molecule has 0 radical (unpaired) electrons. The lowest BCUT2D eigenvalue weighted by molar-refractivity contribution is -0.150. The number of aromatic nitrogens is 4. The summed E-state index contributed by atoms with van der Waals surface area (Å²) in [6.07, 6.45) is 0. The van der Waals surface area contributed by atoms with Crippen LogP contribution in [0.2, 0.25) is 0 Å². The standard InChI is InChI=1S/C12H13BrN6O4S2/c1-18-12(15-16-17-18)25-4-5-3-24-10-7(14-6(20)2-13)9(21)19(10)8(5)11(22)23/h7,10H,2-4H2,1H3,(H,14,20)(H,22,23)/t7-,10+/m1/s1. The Balaban J connectivity index is 1.77. The molecule has 2 atom stereocenters. The summed E-state index contributed by atoms with van der Waals surface area (Å²) < 4.78 is 1.49. The van der Waals surface area contributed by atoms with Crippen molar-refractivity contribution >= 4 is 57.2 Å². The highest BCUT2D eigenvalue weighted by Gasteiger charge is 2.54. The van der Waals surface area contributed by atoms with Crippen molar-refractivity contribution in [2.24, 2.45) is 7.05 Å². The number of aryl methyl sites for hydroxylation is 1. The fraction of sp³-hybridized carbons (Fsp3) is 0.500. The van der Waals surface area contributed by atoms with Gasteiger partial charge in [-0.2, -0.15) is 0 Å². The Morgan fingerprint density at radius 1 is 1.52 bits per heavy atom. The van der Waals surface area contributed by atoms with E-state index in [-0.39, 0.29) is 16.9 Å². The molecule has 1 aromatic rings. The van der Waals surface area contributed by atoms with Gasteiger partial charge in [-0.15, -0.1) is 16.9 Å². The molecule has 0 bridgehead atoms. The van der Waals surface area contributed by atoms with Gasteiger partial charge in [0.2, 0.25) is 11.1 Å². The fourth-order valence-corrected chi connectivity index (χ4v) is 5.00. The zero-order valence-corrected chi connectivity index (χ0v) is 16.1. The lowest BCUT2D eigenvalue weighted by Gasteiger charge is -2.49. The van der Waals surface area contributed by atoms with Crippen LogP contribution < -0.4 is 5.32 Å². The average Bonchev–Trinajstić information content (AvgIpc) is 3.01. The molecule has 25 heavy (non-hydrogen) atoms.